The van der Waals surface area contributed by atoms with Crippen LogP contribution in [0.15, 0.2) is 6.33 Å². The molecule has 1 aromatic heterocycles. The minimum atomic E-state index is -0.769. The van der Waals surface area contributed by atoms with E-state index in [0.29, 0.717) is 18.8 Å². The summed E-state index contributed by atoms with van der Waals surface area (Å²) in [6.45, 7) is 4.11. The maximum absolute atomic E-state index is 12.7. The monoisotopic (exact) mass is 291 g/mol. The standard InChI is InChI=1S/C14H21N5O2/c1-4-10-12(20)19(7-11-15-8-16-18(11)3)14(2,9-5-6-9)13(21)17-10/h8-10H,4-7H2,1-3H3,(H,17,21). The zero-order valence-electron chi connectivity index (χ0n) is 12.7. The Hall–Kier alpha value is -1.92. The minimum absolute atomic E-state index is 0.0190. The molecule has 1 saturated heterocycles. The van der Waals surface area contributed by atoms with Gasteiger partial charge in [-0.3, -0.25) is 14.3 Å². The van der Waals surface area contributed by atoms with Gasteiger partial charge in [-0.05, 0) is 32.1 Å². The lowest BCUT2D eigenvalue weighted by Gasteiger charge is -2.46. The lowest BCUT2D eigenvalue weighted by Crippen LogP contribution is -2.70. The van der Waals surface area contributed by atoms with Crippen molar-refractivity contribution in [2.75, 3.05) is 0 Å². The molecule has 7 nitrogen and oxygen atoms in total. The number of nitrogens with zero attached hydrogens (tertiary/aromatic N) is 4. The normalized spacial score (nSPS) is 29.7. The summed E-state index contributed by atoms with van der Waals surface area (Å²) < 4.78 is 1.65. The molecule has 0 spiro atoms. The summed E-state index contributed by atoms with van der Waals surface area (Å²) in [5.41, 5.74) is -0.769. The molecule has 1 aliphatic heterocycles. The summed E-state index contributed by atoms with van der Waals surface area (Å²) >= 11 is 0. The molecule has 2 atom stereocenters. The van der Waals surface area contributed by atoms with Gasteiger partial charge in [-0.2, -0.15) is 5.10 Å². The molecule has 0 bridgehead atoms. The van der Waals surface area contributed by atoms with Crippen molar-refractivity contribution in [3.63, 3.8) is 0 Å². The first-order valence-corrected chi connectivity index (χ1v) is 7.43. The summed E-state index contributed by atoms with van der Waals surface area (Å²) in [5.74, 6) is 0.875. The van der Waals surface area contributed by atoms with Gasteiger partial charge in [-0.1, -0.05) is 6.92 Å². The van der Waals surface area contributed by atoms with E-state index in [-0.39, 0.29) is 17.7 Å². The smallest absolute Gasteiger partial charge is 0.246 e. The Kier molecular flexibility index (Phi) is 3.22. The predicted octanol–water partition coefficient (Wildman–Crippen LogP) is 0.221. The Balaban J connectivity index is 1.95. The Labute approximate surface area is 123 Å². The molecule has 2 unspecified atom stereocenters. The average molecular weight is 291 g/mol. The number of carbonyl (C=O) groups is 2. The highest BCUT2D eigenvalue weighted by molar-refractivity contribution is 6.00. The molecular weight excluding hydrogens is 270 g/mol. The Morgan fingerprint density at radius 1 is 1.43 bits per heavy atom. The van der Waals surface area contributed by atoms with Gasteiger partial charge in [-0.25, -0.2) is 4.98 Å². The lowest BCUT2D eigenvalue weighted by atomic mass is 9.87. The fourth-order valence-corrected chi connectivity index (χ4v) is 3.08. The fraction of sp³-hybridized carbons (Fsp3) is 0.714. The number of carbonyl (C=O) groups excluding carboxylic acids is 2. The maximum Gasteiger partial charge on any atom is 0.246 e. The molecule has 21 heavy (non-hydrogen) atoms. The van der Waals surface area contributed by atoms with Crippen LogP contribution in [-0.4, -0.2) is 43.1 Å². The first-order chi connectivity index (χ1) is 9.98. The SMILES string of the molecule is CCC1NC(=O)C(C)(C2CC2)N(Cc2ncnn2C)C1=O. The summed E-state index contributed by atoms with van der Waals surface area (Å²) in [6, 6.07) is -0.433. The number of piperazine rings is 1. The average Bonchev–Trinajstić information content (AvgIpc) is 3.24. The highest BCUT2D eigenvalue weighted by atomic mass is 16.2. The van der Waals surface area contributed by atoms with Gasteiger partial charge >= 0.3 is 0 Å². The third-order valence-electron chi connectivity index (χ3n) is 4.78. The van der Waals surface area contributed by atoms with Gasteiger partial charge in [0.05, 0.1) is 6.54 Å². The van der Waals surface area contributed by atoms with Crippen molar-refractivity contribution in [1.82, 2.24) is 25.0 Å². The third-order valence-corrected chi connectivity index (χ3v) is 4.78. The van der Waals surface area contributed by atoms with Crippen molar-refractivity contribution < 1.29 is 9.59 Å². The highest BCUT2D eigenvalue weighted by Crippen LogP contribution is 2.45. The van der Waals surface area contributed by atoms with E-state index in [1.165, 1.54) is 6.33 Å². The predicted molar refractivity (Wildman–Crippen MR) is 74.9 cm³/mol. The maximum atomic E-state index is 12.7. The van der Waals surface area contributed by atoms with Crippen molar-refractivity contribution in [3.8, 4) is 0 Å². The molecule has 2 heterocycles. The van der Waals surface area contributed by atoms with Crippen LogP contribution >= 0.6 is 0 Å². The topological polar surface area (TPSA) is 80.1 Å². The molecule has 2 aliphatic rings. The quantitative estimate of drug-likeness (QED) is 0.860. The molecule has 2 fully saturated rings. The van der Waals surface area contributed by atoms with Gasteiger partial charge in [0.2, 0.25) is 11.8 Å². The Bertz CT molecular complexity index is 580. The fourth-order valence-electron chi connectivity index (χ4n) is 3.08. The molecule has 2 amide bonds. The number of amides is 2. The molecule has 1 aromatic rings. The van der Waals surface area contributed by atoms with Crippen LogP contribution in [-0.2, 0) is 23.2 Å². The van der Waals surface area contributed by atoms with Crippen LogP contribution < -0.4 is 5.32 Å². The number of hydrogen-bond acceptors (Lipinski definition) is 4. The molecule has 0 radical (unpaired) electrons. The molecule has 7 heteroatoms. The zero-order chi connectivity index (χ0) is 15.2. The minimum Gasteiger partial charge on any atom is -0.342 e. The van der Waals surface area contributed by atoms with Crippen LogP contribution in [0.4, 0.5) is 0 Å². The second-order valence-corrected chi connectivity index (χ2v) is 6.08. The van der Waals surface area contributed by atoms with E-state index in [0.717, 1.165) is 12.8 Å². The summed E-state index contributed by atoms with van der Waals surface area (Å²) in [5, 5.41) is 6.92. The van der Waals surface area contributed by atoms with Gasteiger partial charge in [-0.15, -0.1) is 0 Å². The van der Waals surface area contributed by atoms with Gasteiger partial charge in [0.15, 0.2) is 0 Å². The molecular formula is C14H21N5O2. The van der Waals surface area contributed by atoms with Crippen LogP contribution in [0.25, 0.3) is 0 Å². The Morgan fingerprint density at radius 3 is 2.67 bits per heavy atom. The van der Waals surface area contributed by atoms with Crippen molar-refractivity contribution >= 4 is 11.8 Å². The summed E-state index contributed by atoms with van der Waals surface area (Å²) in [6.07, 6.45) is 4.04. The van der Waals surface area contributed by atoms with Gasteiger partial charge in [0.1, 0.15) is 23.7 Å². The van der Waals surface area contributed by atoms with Gasteiger partial charge < -0.3 is 10.2 Å². The van der Waals surface area contributed by atoms with Crippen LogP contribution in [0.1, 0.15) is 38.9 Å². The molecule has 3 rings (SSSR count). The molecule has 114 valence electrons. The van der Waals surface area contributed by atoms with Crippen LogP contribution in [0.3, 0.4) is 0 Å². The zero-order valence-corrected chi connectivity index (χ0v) is 12.7. The first kappa shape index (κ1) is 14.0. The third kappa shape index (κ3) is 2.11. The van der Waals surface area contributed by atoms with E-state index in [2.05, 4.69) is 15.4 Å². The molecule has 0 aromatic carbocycles. The van der Waals surface area contributed by atoms with Crippen molar-refractivity contribution in [3.05, 3.63) is 12.2 Å². The number of nitrogens with one attached hydrogen (secondary N) is 1. The molecule has 1 aliphatic carbocycles. The van der Waals surface area contributed by atoms with E-state index in [1.807, 2.05) is 13.8 Å². The van der Waals surface area contributed by atoms with E-state index in [1.54, 1.807) is 16.6 Å². The second kappa shape index (κ2) is 4.82. The first-order valence-electron chi connectivity index (χ1n) is 7.43. The van der Waals surface area contributed by atoms with Gasteiger partial charge in [0, 0.05) is 7.05 Å². The van der Waals surface area contributed by atoms with E-state index in [9.17, 15) is 9.59 Å². The lowest BCUT2D eigenvalue weighted by molar-refractivity contribution is -0.159. The number of rotatable bonds is 4. The van der Waals surface area contributed by atoms with Crippen molar-refractivity contribution in [2.24, 2.45) is 13.0 Å². The largest absolute Gasteiger partial charge is 0.342 e. The summed E-state index contributed by atoms with van der Waals surface area (Å²) in [4.78, 5) is 31.2. The van der Waals surface area contributed by atoms with Crippen LogP contribution in [0.2, 0.25) is 0 Å². The van der Waals surface area contributed by atoms with Crippen molar-refractivity contribution in [1.29, 1.82) is 0 Å². The van der Waals surface area contributed by atoms with Crippen molar-refractivity contribution in [2.45, 2.75) is 51.2 Å². The summed E-state index contributed by atoms with van der Waals surface area (Å²) in [7, 11) is 1.79. The van der Waals surface area contributed by atoms with E-state index < -0.39 is 11.6 Å². The van der Waals surface area contributed by atoms with E-state index >= 15 is 0 Å². The number of aromatic nitrogens is 3. The molecule has 1 saturated carbocycles. The highest BCUT2D eigenvalue weighted by Gasteiger charge is 2.56. The number of hydrogen-bond donors (Lipinski definition) is 1. The number of aryl methyl sites for hydroxylation is 1. The van der Waals surface area contributed by atoms with Gasteiger partial charge in [0.25, 0.3) is 0 Å². The van der Waals surface area contributed by atoms with Crippen LogP contribution in [0.5, 0.6) is 0 Å². The van der Waals surface area contributed by atoms with E-state index in [4.69, 9.17) is 0 Å². The Morgan fingerprint density at radius 2 is 2.14 bits per heavy atom. The van der Waals surface area contributed by atoms with Crippen LogP contribution in [0, 0.1) is 5.92 Å². The second-order valence-electron chi connectivity index (χ2n) is 6.08. The molecule has 1 N–H and O–H groups in total.